The Bertz CT molecular complexity index is 239. The van der Waals surface area contributed by atoms with Crippen LogP contribution in [0.4, 0.5) is 0 Å². The molecular weight excluding hydrogens is 186 g/mol. The first-order valence-electron chi connectivity index (χ1n) is 6.39. The minimum absolute atomic E-state index is 0.413. The van der Waals surface area contributed by atoms with Crippen molar-refractivity contribution >= 4 is 0 Å². The van der Waals surface area contributed by atoms with Crippen molar-refractivity contribution in [1.82, 2.24) is 15.5 Å². The molecule has 3 saturated heterocycles. The van der Waals surface area contributed by atoms with Gasteiger partial charge in [-0.3, -0.25) is 0 Å². The molecule has 3 nitrogen and oxygen atoms in total. The van der Waals surface area contributed by atoms with Gasteiger partial charge in [0.15, 0.2) is 0 Å². The Labute approximate surface area is 92.6 Å². The molecule has 3 heteroatoms. The molecule has 3 unspecified atom stereocenters. The van der Waals surface area contributed by atoms with E-state index in [-0.39, 0.29) is 0 Å². The van der Waals surface area contributed by atoms with Crippen LogP contribution in [0.1, 0.15) is 32.6 Å². The number of piperidine rings is 1. The summed E-state index contributed by atoms with van der Waals surface area (Å²) in [4.78, 5) is 2.62. The van der Waals surface area contributed by atoms with E-state index in [1.165, 1.54) is 32.2 Å². The molecule has 3 heterocycles. The molecule has 3 aliphatic rings. The standard InChI is InChI=1S/C12H23N3/c1-9-7-13-8-12(14-9)5-10-3-4-11(6-12)15(10)2/h9-11,13-14H,3-8H2,1-2H3. The summed E-state index contributed by atoms with van der Waals surface area (Å²) >= 11 is 0. The molecule has 86 valence electrons. The third-order valence-corrected chi connectivity index (χ3v) is 4.70. The molecule has 15 heavy (non-hydrogen) atoms. The lowest BCUT2D eigenvalue weighted by Crippen LogP contribution is -2.67. The number of hydrogen-bond donors (Lipinski definition) is 2. The Morgan fingerprint density at radius 1 is 1.20 bits per heavy atom. The maximum absolute atomic E-state index is 3.86. The quantitative estimate of drug-likeness (QED) is 0.610. The highest BCUT2D eigenvalue weighted by atomic mass is 15.2. The van der Waals surface area contributed by atoms with E-state index in [9.17, 15) is 0 Å². The Morgan fingerprint density at radius 3 is 2.47 bits per heavy atom. The van der Waals surface area contributed by atoms with Crippen molar-refractivity contribution in [1.29, 1.82) is 0 Å². The van der Waals surface area contributed by atoms with E-state index < -0.39 is 0 Å². The lowest BCUT2D eigenvalue weighted by Gasteiger charge is -2.49. The van der Waals surface area contributed by atoms with Crippen molar-refractivity contribution in [2.75, 3.05) is 20.1 Å². The van der Waals surface area contributed by atoms with E-state index in [0.717, 1.165) is 18.6 Å². The van der Waals surface area contributed by atoms with E-state index >= 15 is 0 Å². The van der Waals surface area contributed by atoms with E-state index in [4.69, 9.17) is 0 Å². The van der Waals surface area contributed by atoms with Gasteiger partial charge in [0.1, 0.15) is 0 Å². The van der Waals surface area contributed by atoms with Crippen LogP contribution >= 0.6 is 0 Å². The van der Waals surface area contributed by atoms with Crippen LogP contribution in [0.5, 0.6) is 0 Å². The van der Waals surface area contributed by atoms with Crippen molar-refractivity contribution in [2.45, 2.75) is 56.3 Å². The topological polar surface area (TPSA) is 27.3 Å². The highest BCUT2D eigenvalue weighted by Crippen LogP contribution is 2.40. The molecule has 0 saturated carbocycles. The fraction of sp³-hybridized carbons (Fsp3) is 1.00. The number of fused-ring (bicyclic) bond motifs is 2. The number of hydrogen-bond acceptors (Lipinski definition) is 3. The van der Waals surface area contributed by atoms with Gasteiger partial charge in [0, 0.05) is 36.8 Å². The van der Waals surface area contributed by atoms with Gasteiger partial charge >= 0.3 is 0 Å². The zero-order valence-electron chi connectivity index (χ0n) is 9.92. The normalized spacial score (nSPS) is 51.2. The van der Waals surface area contributed by atoms with Crippen LogP contribution in [0, 0.1) is 0 Å². The molecule has 2 N–H and O–H groups in total. The molecule has 3 fully saturated rings. The molecule has 3 rings (SSSR count). The smallest absolute Gasteiger partial charge is 0.0338 e. The van der Waals surface area contributed by atoms with Gasteiger partial charge < -0.3 is 15.5 Å². The lowest BCUT2D eigenvalue weighted by atomic mass is 9.81. The van der Waals surface area contributed by atoms with Gasteiger partial charge in [0.2, 0.25) is 0 Å². The van der Waals surface area contributed by atoms with Gasteiger partial charge in [0.05, 0.1) is 0 Å². The second kappa shape index (κ2) is 3.44. The lowest BCUT2D eigenvalue weighted by molar-refractivity contribution is 0.0698. The number of nitrogens with one attached hydrogen (secondary N) is 2. The van der Waals surface area contributed by atoms with Crippen LogP contribution in [0.3, 0.4) is 0 Å². The summed E-state index contributed by atoms with van der Waals surface area (Å²) in [5.74, 6) is 0. The van der Waals surface area contributed by atoms with Crippen molar-refractivity contribution in [3.8, 4) is 0 Å². The first-order chi connectivity index (χ1) is 7.19. The molecule has 0 aliphatic carbocycles. The van der Waals surface area contributed by atoms with Gasteiger partial charge in [-0.2, -0.15) is 0 Å². The van der Waals surface area contributed by atoms with Crippen molar-refractivity contribution in [3.63, 3.8) is 0 Å². The molecule has 0 amide bonds. The summed E-state index contributed by atoms with van der Waals surface area (Å²) in [5.41, 5.74) is 0.413. The summed E-state index contributed by atoms with van der Waals surface area (Å²) < 4.78 is 0. The first-order valence-corrected chi connectivity index (χ1v) is 6.39. The van der Waals surface area contributed by atoms with Gasteiger partial charge in [-0.1, -0.05) is 0 Å². The maximum Gasteiger partial charge on any atom is 0.0338 e. The molecule has 2 bridgehead atoms. The average Bonchev–Trinajstić information content (AvgIpc) is 2.45. The fourth-order valence-corrected chi connectivity index (χ4v) is 3.98. The maximum atomic E-state index is 3.86. The van der Waals surface area contributed by atoms with Crippen LogP contribution in [0.25, 0.3) is 0 Å². The van der Waals surface area contributed by atoms with E-state index in [2.05, 4.69) is 29.5 Å². The minimum atomic E-state index is 0.413. The van der Waals surface area contributed by atoms with Gasteiger partial charge in [-0.25, -0.2) is 0 Å². The molecular formula is C12H23N3. The van der Waals surface area contributed by atoms with E-state index in [1.54, 1.807) is 0 Å². The Balaban J connectivity index is 1.77. The highest BCUT2D eigenvalue weighted by molar-refractivity contribution is 5.08. The second-order valence-corrected chi connectivity index (χ2v) is 5.92. The Hall–Kier alpha value is -0.120. The number of piperazine rings is 1. The SMILES string of the molecule is CC1CNCC2(CC3CCC(C2)N3C)N1. The predicted molar refractivity (Wildman–Crippen MR) is 62.0 cm³/mol. The third-order valence-electron chi connectivity index (χ3n) is 4.70. The molecule has 0 radical (unpaired) electrons. The zero-order chi connectivity index (χ0) is 10.5. The monoisotopic (exact) mass is 209 g/mol. The molecule has 1 spiro atoms. The zero-order valence-corrected chi connectivity index (χ0v) is 9.92. The fourth-order valence-electron chi connectivity index (χ4n) is 3.98. The van der Waals surface area contributed by atoms with Gasteiger partial charge in [0.25, 0.3) is 0 Å². The third kappa shape index (κ3) is 1.61. The largest absolute Gasteiger partial charge is 0.313 e. The summed E-state index contributed by atoms with van der Waals surface area (Å²) in [6, 6.07) is 2.31. The molecule has 3 aliphatic heterocycles. The summed E-state index contributed by atoms with van der Waals surface area (Å²) in [6.07, 6.45) is 5.52. The van der Waals surface area contributed by atoms with Crippen molar-refractivity contribution in [2.24, 2.45) is 0 Å². The summed E-state index contributed by atoms with van der Waals surface area (Å²) in [7, 11) is 2.31. The Kier molecular flexibility index (Phi) is 2.31. The number of nitrogens with zero attached hydrogens (tertiary/aromatic N) is 1. The molecule has 0 aromatic heterocycles. The van der Waals surface area contributed by atoms with Crippen LogP contribution in [-0.2, 0) is 0 Å². The van der Waals surface area contributed by atoms with Crippen molar-refractivity contribution < 1.29 is 0 Å². The first kappa shape index (κ1) is 10.1. The average molecular weight is 209 g/mol. The number of rotatable bonds is 0. The second-order valence-electron chi connectivity index (χ2n) is 5.92. The van der Waals surface area contributed by atoms with Crippen LogP contribution in [0.15, 0.2) is 0 Å². The minimum Gasteiger partial charge on any atom is -0.313 e. The molecule has 0 aromatic carbocycles. The van der Waals surface area contributed by atoms with Crippen LogP contribution in [0.2, 0.25) is 0 Å². The summed E-state index contributed by atoms with van der Waals surface area (Å²) in [6.45, 7) is 4.61. The van der Waals surface area contributed by atoms with Crippen LogP contribution in [-0.4, -0.2) is 48.7 Å². The highest BCUT2D eigenvalue weighted by Gasteiger charge is 2.47. The van der Waals surface area contributed by atoms with E-state index in [0.29, 0.717) is 11.6 Å². The van der Waals surface area contributed by atoms with Crippen molar-refractivity contribution in [3.05, 3.63) is 0 Å². The molecule has 3 atom stereocenters. The Morgan fingerprint density at radius 2 is 1.87 bits per heavy atom. The van der Waals surface area contributed by atoms with Crippen LogP contribution < -0.4 is 10.6 Å². The van der Waals surface area contributed by atoms with E-state index in [1.807, 2.05) is 0 Å². The summed E-state index contributed by atoms with van der Waals surface area (Å²) in [5, 5.41) is 7.46. The van der Waals surface area contributed by atoms with Gasteiger partial charge in [-0.05, 0) is 39.7 Å². The van der Waals surface area contributed by atoms with Gasteiger partial charge in [-0.15, -0.1) is 0 Å². The predicted octanol–water partition coefficient (Wildman–Crippen LogP) is 0.563. The molecule has 0 aromatic rings.